The molecule has 12 heteroatoms. The Kier molecular flexibility index (Phi) is 6.68. The zero-order valence-electron chi connectivity index (χ0n) is 14.0. The van der Waals surface area contributed by atoms with E-state index >= 15 is 0 Å². The number of anilines is 1. The summed E-state index contributed by atoms with van der Waals surface area (Å²) in [4.78, 5) is 11.0. The third-order valence-electron chi connectivity index (χ3n) is 3.31. The minimum Gasteiger partial charge on any atom is -0.495 e. The van der Waals surface area contributed by atoms with Crippen LogP contribution in [0.1, 0.15) is 0 Å². The first-order valence-electron chi connectivity index (χ1n) is 7.33. The Balaban J connectivity index is 2.21. The van der Waals surface area contributed by atoms with Gasteiger partial charge in [-0.3, -0.25) is 4.79 Å². The second kappa shape index (κ2) is 8.46. The average Bonchev–Trinajstić information content (AvgIpc) is 2.61. The Morgan fingerprint density at radius 1 is 1.11 bits per heavy atom. The molecule has 0 atom stereocenters. The van der Waals surface area contributed by atoms with Crippen LogP contribution in [0.5, 0.6) is 11.5 Å². The van der Waals surface area contributed by atoms with Crippen molar-refractivity contribution >= 4 is 44.6 Å². The fraction of sp³-hybridized carbons (Fsp3) is 0.188. The van der Waals surface area contributed by atoms with Crippen molar-refractivity contribution in [3.05, 3.63) is 46.4 Å². The summed E-state index contributed by atoms with van der Waals surface area (Å²) in [6, 6.07) is 6.68. The molecule has 2 rings (SSSR count). The smallest absolute Gasteiger partial charge is 0.495 e. The molecule has 2 aromatic rings. The van der Waals surface area contributed by atoms with Gasteiger partial charge in [0.05, 0.1) is 22.7 Å². The molecular weight excluding hydrogens is 446 g/mol. The summed E-state index contributed by atoms with van der Waals surface area (Å²) in [5.74, 6) is -0.726. The lowest BCUT2D eigenvalue weighted by Gasteiger charge is -2.14. The zero-order chi connectivity index (χ0) is 21.1. The van der Waals surface area contributed by atoms with Gasteiger partial charge in [-0.2, -0.15) is 13.2 Å². The van der Waals surface area contributed by atoms with Gasteiger partial charge in [-0.15, -0.1) is 0 Å². The Bertz CT molecular complexity index is 996. The molecule has 0 aliphatic carbocycles. The van der Waals surface area contributed by atoms with Gasteiger partial charge in [0.15, 0.2) is 6.61 Å². The monoisotopic (exact) mass is 457 g/mol. The highest BCUT2D eigenvalue weighted by Gasteiger charge is 2.47. The number of carbonyl (C=O) groups is 1. The van der Waals surface area contributed by atoms with E-state index in [0.717, 1.165) is 12.1 Å². The largest absolute Gasteiger partial charge is 0.501 e. The number of rotatable bonds is 6. The number of methoxy groups -OCH3 is 1. The third-order valence-corrected chi connectivity index (χ3v) is 5.34. The molecule has 0 saturated heterocycles. The molecule has 0 aromatic heterocycles. The predicted octanol–water partition coefficient (Wildman–Crippen LogP) is 4.31. The second-order valence-corrected chi connectivity index (χ2v) is 8.01. The average molecular weight is 458 g/mol. The molecule has 0 heterocycles. The summed E-state index contributed by atoms with van der Waals surface area (Å²) in [6.07, 6.45) is 0. The minimum absolute atomic E-state index is 0.0461. The first kappa shape index (κ1) is 22.1. The Morgan fingerprint density at radius 2 is 1.79 bits per heavy atom. The number of halogens is 5. The molecule has 152 valence electrons. The summed E-state index contributed by atoms with van der Waals surface area (Å²) >= 11 is 11.7. The lowest BCUT2D eigenvalue weighted by Crippen LogP contribution is -2.24. The van der Waals surface area contributed by atoms with E-state index in [1.807, 2.05) is 0 Å². The predicted molar refractivity (Wildman–Crippen MR) is 96.8 cm³/mol. The highest BCUT2D eigenvalue weighted by molar-refractivity contribution is 7.92. The van der Waals surface area contributed by atoms with Crippen molar-refractivity contribution in [3.8, 4) is 11.5 Å². The van der Waals surface area contributed by atoms with E-state index in [0.29, 0.717) is 11.1 Å². The quantitative estimate of drug-likeness (QED) is 0.698. The van der Waals surface area contributed by atoms with E-state index in [2.05, 4.69) is 5.32 Å². The number of benzene rings is 2. The molecule has 0 radical (unpaired) electrons. The first-order valence-corrected chi connectivity index (χ1v) is 9.56. The van der Waals surface area contributed by atoms with Gasteiger partial charge in [0.25, 0.3) is 15.7 Å². The number of hydrogen-bond acceptors (Lipinski definition) is 5. The van der Waals surface area contributed by atoms with Crippen LogP contribution in [0.2, 0.25) is 10.0 Å². The van der Waals surface area contributed by atoms with Gasteiger partial charge < -0.3 is 14.8 Å². The summed E-state index contributed by atoms with van der Waals surface area (Å²) in [6.45, 7) is -0.570. The Hall–Kier alpha value is -2.17. The molecule has 0 fully saturated rings. The Morgan fingerprint density at radius 3 is 2.39 bits per heavy atom. The van der Waals surface area contributed by atoms with Crippen molar-refractivity contribution in [2.24, 2.45) is 0 Å². The van der Waals surface area contributed by atoms with Crippen molar-refractivity contribution in [1.29, 1.82) is 0 Å². The second-order valence-electron chi connectivity index (χ2n) is 5.22. The highest BCUT2D eigenvalue weighted by Crippen LogP contribution is 2.34. The molecule has 0 saturated carbocycles. The van der Waals surface area contributed by atoms with Crippen LogP contribution in [-0.2, 0) is 14.6 Å². The van der Waals surface area contributed by atoms with Crippen LogP contribution in [0.3, 0.4) is 0 Å². The SMILES string of the molecule is COc1ccc(S(=O)(=O)C(F)(F)F)cc1NC(=O)COc1cc(Cl)ccc1Cl. The molecule has 2 aromatic carbocycles. The van der Waals surface area contributed by atoms with Gasteiger partial charge in [0, 0.05) is 11.1 Å². The van der Waals surface area contributed by atoms with Crippen molar-refractivity contribution in [1.82, 2.24) is 0 Å². The van der Waals surface area contributed by atoms with E-state index < -0.39 is 32.8 Å². The van der Waals surface area contributed by atoms with Crippen LogP contribution in [0.15, 0.2) is 41.3 Å². The lowest BCUT2D eigenvalue weighted by atomic mass is 10.3. The number of ether oxygens (including phenoxy) is 2. The van der Waals surface area contributed by atoms with Crippen molar-refractivity contribution in [2.45, 2.75) is 10.4 Å². The van der Waals surface area contributed by atoms with Crippen molar-refractivity contribution in [2.75, 3.05) is 19.0 Å². The molecule has 0 aliphatic rings. The molecule has 28 heavy (non-hydrogen) atoms. The first-order chi connectivity index (χ1) is 13.0. The van der Waals surface area contributed by atoms with Gasteiger partial charge in [-0.05, 0) is 30.3 Å². The number of amides is 1. The summed E-state index contributed by atoms with van der Waals surface area (Å²) < 4.78 is 71.4. The highest BCUT2D eigenvalue weighted by atomic mass is 35.5. The van der Waals surface area contributed by atoms with Gasteiger partial charge in [0.2, 0.25) is 0 Å². The molecular formula is C16H12Cl2F3NO5S. The maximum Gasteiger partial charge on any atom is 0.501 e. The molecule has 1 amide bonds. The zero-order valence-corrected chi connectivity index (χ0v) is 16.3. The topological polar surface area (TPSA) is 81.7 Å². The number of nitrogens with one attached hydrogen (secondary N) is 1. The van der Waals surface area contributed by atoms with E-state index in [4.69, 9.17) is 32.7 Å². The van der Waals surface area contributed by atoms with Gasteiger partial charge in [-0.25, -0.2) is 8.42 Å². The van der Waals surface area contributed by atoms with Crippen LogP contribution >= 0.6 is 23.2 Å². The summed E-state index contributed by atoms with van der Waals surface area (Å²) in [7, 11) is -4.40. The standard InChI is InChI=1S/C16H12Cl2F3NO5S/c1-26-13-5-3-10(28(24,25)16(19,20)21)7-12(13)22-15(23)8-27-14-6-9(17)2-4-11(14)18/h2-7H,8H2,1H3,(H,22,23). The molecule has 0 unspecified atom stereocenters. The van der Waals surface area contributed by atoms with Crippen LogP contribution in [-0.4, -0.2) is 33.5 Å². The van der Waals surface area contributed by atoms with Crippen LogP contribution in [0, 0.1) is 0 Å². The summed E-state index contributed by atoms with van der Waals surface area (Å²) in [5.41, 5.74) is -5.77. The van der Waals surface area contributed by atoms with E-state index in [1.165, 1.54) is 25.3 Å². The van der Waals surface area contributed by atoms with Crippen LogP contribution in [0.4, 0.5) is 18.9 Å². The number of sulfone groups is 1. The summed E-state index contributed by atoms with van der Waals surface area (Å²) in [5, 5.41) is 2.73. The molecule has 1 N–H and O–H groups in total. The third kappa shape index (κ3) is 5.00. The van der Waals surface area contributed by atoms with Crippen LogP contribution < -0.4 is 14.8 Å². The van der Waals surface area contributed by atoms with Gasteiger partial charge in [0.1, 0.15) is 11.5 Å². The van der Waals surface area contributed by atoms with E-state index in [1.54, 1.807) is 0 Å². The lowest BCUT2D eigenvalue weighted by molar-refractivity contribution is -0.118. The van der Waals surface area contributed by atoms with Crippen LogP contribution in [0.25, 0.3) is 0 Å². The Labute approximate surface area is 168 Å². The number of alkyl halides is 3. The van der Waals surface area contributed by atoms with Crippen molar-refractivity contribution < 1.29 is 35.9 Å². The fourth-order valence-corrected chi connectivity index (χ4v) is 3.12. The normalized spacial score (nSPS) is 11.8. The maximum atomic E-state index is 12.7. The minimum atomic E-state index is -5.60. The number of hydrogen-bond donors (Lipinski definition) is 1. The molecule has 0 spiro atoms. The molecule has 0 aliphatic heterocycles. The molecule has 0 bridgehead atoms. The van der Waals surface area contributed by atoms with Gasteiger partial charge >= 0.3 is 5.51 Å². The van der Waals surface area contributed by atoms with Crippen molar-refractivity contribution in [3.63, 3.8) is 0 Å². The molecule has 6 nitrogen and oxygen atoms in total. The maximum absolute atomic E-state index is 12.7. The fourth-order valence-electron chi connectivity index (χ4n) is 2.00. The number of carbonyl (C=O) groups excluding carboxylic acids is 1. The van der Waals surface area contributed by atoms with E-state index in [-0.39, 0.29) is 22.2 Å². The van der Waals surface area contributed by atoms with Gasteiger partial charge in [-0.1, -0.05) is 23.2 Å². The van der Waals surface area contributed by atoms with E-state index in [9.17, 15) is 26.4 Å².